The van der Waals surface area contributed by atoms with Gasteiger partial charge in [-0.2, -0.15) is 4.98 Å². The number of nitrogens with zero attached hydrogens (tertiary/aromatic N) is 3. The summed E-state index contributed by atoms with van der Waals surface area (Å²) in [5.74, 6) is 1.49. The van der Waals surface area contributed by atoms with Crippen molar-refractivity contribution in [2.45, 2.75) is 39.7 Å². The number of ether oxygens (including phenoxy) is 1. The predicted molar refractivity (Wildman–Crippen MR) is 90.1 cm³/mol. The Morgan fingerprint density at radius 3 is 2.57 bits per heavy atom. The van der Waals surface area contributed by atoms with Gasteiger partial charge in [0.1, 0.15) is 11.9 Å². The van der Waals surface area contributed by atoms with E-state index in [1.807, 2.05) is 43.2 Å². The van der Waals surface area contributed by atoms with E-state index in [1.165, 1.54) is 11.3 Å². The number of aryl methyl sites for hydroxylation is 3. The van der Waals surface area contributed by atoms with Crippen LogP contribution in [0.2, 0.25) is 0 Å². The average Bonchev–Trinajstić information content (AvgIpc) is 2.93. The molecule has 2 aromatic rings. The van der Waals surface area contributed by atoms with Gasteiger partial charge in [0, 0.05) is 37.7 Å². The topological polar surface area (TPSA) is 55.3 Å². The van der Waals surface area contributed by atoms with Crippen LogP contribution in [-0.2, 0) is 0 Å². The van der Waals surface area contributed by atoms with Crippen LogP contribution in [0.3, 0.4) is 0 Å². The molecule has 5 nitrogen and oxygen atoms in total. The molecule has 1 amide bonds. The molecule has 0 N–H and O–H groups in total. The lowest BCUT2D eigenvalue weighted by molar-refractivity contribution is 0.0591. The van der Waals surface area contributed by atoms with Crippen molar-refractivity contribution in [3.8, 4) is 5.88 Å². The van der Waals surface area contributed by atoms with Crippen LogP contribution >= 0.6 is 11.3 Å². The highest BCUT2D eigenvalue weighted by molar-refractivity contribution is 7.12. The molecule has 0 saturated carbocycles. The van der Waals surface area contributed by atoms with Gasteiger partial charge in [-0.15, -0.1) is 11.3 Å². The van der Waals surface area contributed by atoms with E-state index < -0.39 is 0 Å². The van der Waals surface area contributed by atoms with Gasteiger partial charge < -0.3 is 9.64 Å². The number of carbonyl (C=O) groups excluding carboxylic acids is 1. The third-order valence-electron chi connectivity index (χ3n) is 3.90. The minimum Gasteiger partial charge on any atom is -0.474 e. The molecule has 3 heterocycles. The number of amides is 1. The fraction of sp³-hybridized carbons (Fsp3) is 0.471. The Balaban J connectivity index is 1.57. The Kier molecular flexibility index (Phi) is 4.61. The maximum atomic E-state index is 12.4. The third kappa shape index (κ3) is 3.88. The Morgan fingerprint density at radius 1 is 1.22 bits per heavy atom. The second-order valence-corrected chi connectivity index (χ2v) is 6.90. The van der Waals surface area contributed by atoms with Crippen LogP contribution in [0.25, 0.3) is 0 Å². The summed E-state index contributed by atoms with van der Waals surface area (Å²) in [6.45, 7) is 7.27. The Hall–Kier alpha value is -1.95. The summed E-state index contributed by atoms with van der Waals surface area (Å²) in [4.78, 5) is 23.8. The number of rotatable bonds is 3. The quantitative estimate of drug-likeness (QED) is 0.867. The van der Waals surface area contributed by atoms with Gasteiger partial charge >= 0.3 is 0 Å². The summed E-state index contributed by atoms with van der Waals surface area (Å²) < 4.78 is 5.97. The molecule has 0 spiro atoms. The maximum absolute atomic E-state index is 12.4. The maximum Gasteiger partial charge on any atom is 0.263 e. The largest absolute Gasteiger partial charge is 0.474 e. The molecule has 1 fully saturated rings. The van der Waals surface area contributed by atoms with E-state index in [-0.39, 0.29) is 12.0 Å². The number of likely N-dealkylation sites (tertiary alicyclic amines) is 1. The van der Waals surface area contributed by atoms with Crippen LogP contribution < -0.4 is 4.74 Å². The summed E-state index contributed by atoms with van der Waals surface area (Å²) in [6.07, 6.45) is 1.77. The van der Waals surface area contributed by atoms with Crippen LogP contribution in [0.5, 0.6) is 5.88 Å². The first-order valence-corrected chi connectivity index (χ1v) is 8.72. The number of aromatic nitrogens is 2. The van der Waals surface area contributed by atoms with Gasteiger partial charge in [0.05, 0.1) is 4.88 Å². The van der Waals surface area contributed by atoms with Crippen molar-refractivity contribution in [1.82, 2.24) is 14.9 Å². The van der Waals surface area contributed by atoms with Crippen molar-refractivity contribution < 1.29 is 9.53 Å². The lowest BCUT2D eigenvalue weighted by atomic mass is 10.1. The summed E-state index contributed by atoms with van der Waals surface area (Å²) in [6, 6.07) is 3.82. The molecule has 1 saturated heterocycles. The number of hydrogen-bond donors (Lipinski definition) is 0. The zero-order chi connectivity index (χ0) is 16.4. The third-order valence-corrected chi connectivity index (χ3v) is 4.94. The number of hydrogen-bond acceptors (Lipinski definition) is 5. The zero-order valence-corrected chi connectivity index (χ0v) is 14.5. The van der Waals surface area contributed by atoms with E-state index in [1.54, 1.807) is 0 Å². The van der Waals surface area contributed by atoms with Crippen molar-refractivity contribution in [3.63, 3.8) is 0 Å². The highest BCUT2D eigenvalue weighted by atomic mass is 32.1. The number of thiophene rings is 1. The fourth-order valence-electron chi connectivity index (χ4n) is 2.79. The normalized spacial score (nSPS) is 15.7. The zero-order valence-electron chi connectivity index (χ0n) is 13.7. The Morgan fingerprint density at radius 2 is 1.96 bits per heavy atom. The lowest BCUT2D eigenvalue weighted by Gasteiger charge is -2.31. The summed E-state index contributed by atoms with van der Waals surface area (Å²) in [7, 11) is 0. The molecular formula is C17H21N3O2S. The van der Waals surface area contributed by atoms with E-state index in [9.17, 15) is 4.79 Å². The van der Waals surface area contributed by atoms with Gasteiger partial charge in [0.25, 0.3) is 5.91 Å². The second kappa shape index (κ2) is 6.66. The first-order valence-electron chi connectivity index (χ1n) is 7.84. The highest BCUT2D eigenvalue weighted by Gasteiger charge is 2.25. The van der Waals surface area contributed by atoms with Crippen molar-refractivity contribution in [2.24, 2.45) is 0 Å². The van der Waals surface area contributed by atoms with E-state index in [0.717, 1.165) is 47.9 Å². The molecule has 23 heavy (non-hydrogen) atoms. The molecule has 0 radical (unpaired) electrons. The predicted octanol–water partition coefficient (Wildman–Crippen LogP) is 3.15. The van der Waals surface area contributed by atoms with Gasteiger partial charge in [0.2, 0.25) is 5.88 Å². The fourth-order valence-corrected chi connectivity index (χ4v) is 3.65. The minimum absolute atomic E-state index is 0.109. The first-order chi connectivity index (χ1) is 11.0. The van der Waals surface area contributed by atoms with Gasteiger partial charge in [-0.25, -0.2) is 4.98 Å². The van der Waals surface area contributed by atoms with Crippen LogP contribution in [0.1, 0.15) is 39.6 Å². The molecule has 1 aliphatic rings. The van der Waals surface area contributed by atoms with Crippen LogP contribution in [0.4, 0.5) is 0 Å². The standard InChI is InChI=1S/C17H21N3O2S/c1-11-8-15(23-10-11)17(21)20-6-4-14(5-7-20)22-16-9-12(2)18-13(3)19-16/h8-10,14H,4-7H2,1-3H3. The van der Waals surface area contributed by atoms with Crippen LogP contribution in [-0.4, -0.2) is 40.0 Å². The van der Waals surface area contributed by atoms with E-state index in [4.69, 9.17) is 4.74 Å². The Bertz CT molecular complexity index is 685. The van der Waals surface area contributed by atoms with Crippen LogP contribution in [0, 0.1) is 20.8 Å². The number of piperidine rings is 1. The van der Waals surface area contributed by atoms with Crippen molar-refractivity contribution in [1.29, 1.82) is 0 Å². The number of carbonyl (C=O) groups is 1. The summed E-state index contributed by atoms with van der Waals surface area (Å²) in [5.41, 5.74) is 2.05. The molecule has 3 rings (SSSR count). The van der Waals surface area contributed by atoms with Gasteiger partial charge in [-0.05, 0) is 37.8 Å². The van der Waals surface area contributed by atoms with E-state index in [0.29, 0.717) is 5.88 Å². The average molecular weight is 331 g/mol. The van der Waals surface area contributed by atoms with Crippen molar-refractivity contribution >= 4 is 17.2 Å². The van der Waals surface area contributed by atoms with Gasteiger partial charge in [-0.1, -0.05) is 0 Å². The smallest absolute Gasteiger partial charge is 0.263 e. The SMILES string of the molecule is Cc1csc(C(=O)N2CCC(Oc3cc(C)nc(C)n3)CC2)c1. The highest BCUT2D eigenvalue weighted by Crippen LogP contribution is 2.21. The molecule has 0 atom stereocenters. The molecule has 122 valence electrons. The van der Waals surface area contributed by atoms with Gasteiger partial charge in [0.15, 0.2) is 0 Å². The monoisotopic (exact) mass is 331 g/mol. The van der Waals surface area contributed by atoms with Gasteiger partial charge in [-0.3, -0.25) is 4.79 Å². The summed E-state index contributed by atoms with van der Waals surface area (Å²) in [5, 5.41) is 2.02. The molecule has 0 bridgehead atoms. The molecular weight excluding hydrogens is 310 g/mol. The van der Waals surface area contributed by atoms with Crippen LogP contribution in [0.15, 0.2) is 17.5 Å². The molecule has 1 aliphatic heterocycles. The second-order valence-electron chi connectivity index (χ2n) is 5.99. The Labute approximate surface area is 140 Å². The molecule has 0 unspecified atom stereocenters. The summed E-state index contributed by atoms with van der Waals surface area (Å²) >= 11 is 1.52. The molecule has 0 aliphatic carbocycles. The molecule has 6 heteroatoms. The molecule has 2 aromatic heterocycles. The first kappa shape index (κ1) is 15.9. The van der Waals surface area contributed by atoms with E-state index in [2.05, 4.69) is 9.97 Å². The minimum atomic E-state index is 0.109. The lowest BCUT2D eigenvalue weighted by Crippen LogP contribution is -2.41. The molecule has 0 aromatic carbocycles. The van der Waals surface area contributed by atoms with Crippen molar-refractivity contribution in [2.75, 3.05) is 13.1 Å². The van der Waals surface area contributed by atoms with Crippen molar-refractivity contribution in [3.05, 3.63) is 39.5 Å². The van der Waals surface area contributed by atoms with E-state index >= 15 is 0 Å².